The fourth-order valence-electron chi connectivity index (χ4n) is 2.88. The summed E-state index contributed by atoms with van der Waals surface area (Å²) < 4.78 is 18.6. The zero-order valence-corrected chi connectivity index (χ0v) is 17.0. The average molecular weight is 427 g/mol. The van der Waals surface area contributed by atoms with Crippen LogP contribution in [0.5, 0.6) is 5.75 Å². The Hall–Kier alpha value is -2.96. The number of hydrogen-bond donors (Lipinski definition) is 1. The Labute approximate surface area is 176 Å². The molecule has 146 valence electrons. The molecule has 0 saturated heterocycles. The Bertz CT molecular complexity index is 1140. The minimum absolute atomic E-state index is 0.265. The van der Waals surface area contributed by atoms with E-state index in [-0.39, 0.29) is 11.7 Å². The van der Waals surface area contributed by atoms with Crippen molar-refractivity contribution in [3.8, 4) is 5.75 Å². The van der Waals surface area contributed by atoms with Crippen LogP contribution in [0.4, 0.5) is 9.52 Å². The minimum Gasteiger partial charge on any atom is -0.464 e. The van der Waals surface area contributed by atoms with E-state index in [0.29, 0.717) is 27.9 Å². The SMILES string of the molecule is Cc1nc(NC(=O)C2=Cc3cc(Cl)ccc3OC=C2)sc1Cc1ccc(F)cc1. The van der Waals surface area contributed by atoms with Gasteiger partial charge in [-0.05, 0) is 55.0 Å². The number of hydrogen-bond acceptors (Lipinski definition) is 4. The molecule has 2 aromatic carbocycles. The van der Waals surface area contributed by atoms with Crippen molar-refractivity contribution in [3.05, 3.63) is 92.9 Å². The molecule has 0 spiro atoms. The molecule has 1 aliphatic heterocycles. The maximum Gasteiger partial charge on any atom is 0.257 e. The molecule has 3 aromatic rings. The van der Waals surface area contributed by atoms with E-state index in [9.17, 15) is 9.18 Å². The zero-order valence-electron chi connectivity index (χ0n) is 15.4. The van der Waals surface area contributed by atoms with E-state index in [4.69, 9.17) is 16.3 Å². The van der Waals surface area contributed by atoms with Crippen molar-refractivity contribution in [1.82, 2.24) is 4.98 Å². The van der Waals surface area contributed by atoms with Crippen molar-refractivity contribution in [2.45, 2.75) is 13.3 Å². The van der Waals surface area contributed by atoms with Gasteiger partial charge in [0.25, 0.3) is 5.91 Å². The summed E-state index contributed by atoms with van der Waals surface area (Å²) in [5.41, 5.74) is 2.97. The predicted octanol–water partition coefficient (Wildman–Crippen LogP) is 5.76. The van der Waals surface area contributed by atoms with Gasteiger partial charge in [-0.15, -0.1) is 11.3 Å². The first-order chi connectivity index (χ1) is 14.0. The molecule has 2 heterocycles. The van der Waals surface area contributed by atoms with Crippen LogP contribution in [-0.2, 0) is 11.2 Å². The molecule has 0 atom stereocenters. The summed E-state index contributed by atoms with van der Waals surface area (Å²) in [6.07, 6.45) is 5.42. The molecule has 1 amide bonds. The van der Waals surface area contributed by atoms with Gasteiger partial charge >= 0.3 is 0 Å². The predicted molar refractivity (Wildman–Crippen MR) is 114 cm³/mol. The molecule has 4 nitrogen and oxygen atoms in total. The lowest BCUT2D eigenvalue weighted by atomic mass is 10.1. The lowest BCUT2D eigenvalue weighted by Crippen LogP contribution is -2.12. The number of halogens is 2. The number of nitrogens with one attached hydrogen (secondary N) is 1. The Morgan fingerprint density at radius 2 is 2.03 bits per heavy atom. The third kappa shape index (κ3) is 4.55. The van der Waals surface area contributed by atoms with Crippen LogP contribution < -0.4 is 10.1 Å². The highest BCUT2D eigenvalue weighted by atomic mass is 35.5. The molecule has 0 fully saturated rings. The molecule has 29 heavy (non-hydrogen) atoms. The summed E-state index contributed by atoms with van der Waals surface area (Å²) in [6, 6.07) is 11.6. The number of amides is 1. The summed E-state index contributed by atoms with van der Waals surface area (Å²) in [5.74, 6) is 0.0687. The Balaban J connectivity index is 1.52. The van der Waals surface area contributed by atoms with Gasteiger partial charge in [0, 0.05) is 27.5 Å². The van der Waals surface area contributed by atoms with Gasteiger partial charge in [-0.3, -0.25) is 10.1 Å². The highest BCUT2D eigenvalue weighted by Gasteiger charge is 2.15. The molecule has 7 heteroatoms. The normalized spacial score (nSPS) is 12.6. The van der Waals surface area contributed by atoms with E-state index in [1.165, 1.54) is 29.7 Å². The van der Waals surface area contributed by atoms with Gasteiger partial charge < -0.3 is 4.74 Å². The molecule has 1 aromatic heterocycles. The standard InChI is InChI=1S/C22H16ClFN2O2S/c1-13-20(10-14-2-5-18(24)6-3-14)29-22(25-13)26-21(27)15-8-9-28-19-7-4-17(23)12-16(19)11-15/h2-9,11-12H,10H2,1H3,(H,25,26,27). The van der Waals surface area contributed by atoms with E-state index >= 15 is 0 Å². The monoisotopic (exact) mass is 426 g/mol. The van der Waals surface area contributed by atoms with E-state index in [0.717, 1.165) is 21.7 Å². The number of ether oxygens (including phenoxy) is 1. The summed E-state index contributed by atoms with van der Waals surface area (Å²) >= 11 is 7.45. The van der Waals surface area contributed by atoms with Gasteiger partial charge in [0.2, 0.25) is 0 Å². The van der Waals surface area contributed by atoms with E-state index in [1.807, 2.05) is 6.92 Å². The molecule has 0 aliphatic carbocycles. The fourth-order valence-corrected chi connectivity index (χ4v) is 4.05. The molecule has 0 radical (unpaired) electrons. The highest BCUT2D eigenvalue weighted by molar-refractivity contribution is 7.15. The highest BCUT2D eigenvalue weighted by Crippen LogP contribution is 2.29. The van der Waals surface area contributed by atoms with Gasteiger partial charge in [0.1, 0.15) is 11.6 Å². The second-order valence-corrected chi connectivity index (χ2v) is 8.01. The second-order valence-electron chi connectivity index (χ2n) is 6.49. The van der Waals surface area contributed by atoms with E-state index in [2.05, 4.69) is 10.3 Å². The Morgan fingerprint density at radius 3 is 2.83 bits per heavy atom. The number of aromatic nitrogens is 1. The van der Waals surface area contributed by atoms with Gasteiger partial charge in [-0.25, -0.2) is 9.37 Å². The summed E-state index contributed by atoms with van der Waals surface area (Å²) in [4.78, 5) is 18.2. The smallest absolute Gasteiger partial charge is 0.257 e. The van der Waals surface area contributed by atoms with Crippen molar-refractivity contribution >= 4 is 40.1 Å². The van der Waals surface area contributed by atoms with Crippen LogP contribution in [-0.4, -0.2) is 10.9 Å². The number of carbonyl (C=O) groups is 1. The maximum absolute atomic E-state index is 13.1. The third-order valence-electron chi connectivity index (χ3n) is 4.38. The first-order valence-corrected chi connectivity index (χ1v) is 10.0. The molecular formula is C22H16ClFN2O2S. The number of aryl methyl sites for hydroxylation is 1. The lowest BCUT2D eigenvalue weighted by Gasteiger charge is -2.04. The largest absolute Gasteiger partial charge is 0.464 e. The van der Waals surface area contributed by atoms with Crippen molar-refractivity contribution in [1.29, 1.82) is 0 Å². The average Bonchev–Trinajstić information content (AvgIpc) is 2.89. The fraction of sp³-hybridized carbons (Fsp3) is 0.0909. The van der Waals surface area contributed by atoms with E-state index < -0.39 is 0 Å². The summed E-state index contributed by atoms with van der Waals surface area (Å²) in [7, 11) is 0. The first-order valence-electron chi connectivity index (χ1n) is 8.84. The van der Waals surface area contributed by atoms with Crippen LogP contribution in [0.15, 0.2) is 60.4 Å². The van der Waals surface area contributed by atoms with Crippen LogP contribution in [0.1, 0.15) is 21.7 Å². The topological polar surface area (TPSA) is 51.2 Å². The van der Waals surface area contributed by atoms with Crippen LogP contribution in [0.3, 0.4) is 0 Å². The van der Waals surface area contributed by atoms with Crippen LogP contribution in [0.25, 0.3) is 6.08 Å². The van der Waals surface area contributed by atoms with Gasteiger partial charge in [0.15, 0.2) is 5.13 Å². The van der Waals surface area contributed by atoms with Crippen molar-refractivity contribution in [2.75, 3.05) is 5.32 Å². The lowest BCUT2D eigenvalue weighted by molar-refractivity contribution is -0.112. The molecule has 0 saturated carbocycles. The number of fused-ring (bicyclic) bond motifs is 1. The number of benzene rings is 2. The number of thiazole rings is 1. The molecule has 1 N–H and O–H groups in total. The Kier molecular flexibility index (Phi) is 5.47. The second kappa shape index (κ2) is 8.19. The van der Waals surface area contributed by atoms with Crippen LogP contribution >= 0.6 is 22.9 Å². The molecule has 1 aliphatic rings. The maximum atomic E-state index is 13.1. The number of anilines is 1. The van der Waals surface area contributed by atoms with Crippen LogP contribution in [0, 0.1) is 12.7 Å². The Morgan fingerprint density at radius 1 is 1.24 bits per heavy atom. The van der Waals surface area contributed by atoms with E-state index in [1.54, 1.807) is 42.5 Å². The minimum atomic E-state index is -0.292. The number of carbonyl (C=O) groups excluding carboxylic acids is 1. The molecule has 0 unspecified atom stereocenters. The van der Waals surface area contributed by atoms with Gasteiger partial charge in [0.05, 0.1) is 12.0 Å². The summed E-state index contributed by atoms with van der Waals surface area (Å²) in [5, 5.41) is 3.91. The first kappa shape index (κ1) is 19.4. The van der Waals surface area contributed by atoms with Crippen LogP contribution in [0.2, 0.25) is 5.02 Å². The molecule has 0 bridgehead atoms. The van der Waals surface area contributed by atoms with Crippen molar-refractivity contribution in [2.24, 2.45) is 0 Å². The van der Waals surface area contributed by atoms with Gasteiger partial charge in [-0.2, -0.15) is 0 Å². The molecule has 4 rings (SSSR count). The number of nitrogens with zero attached hydrogens (tertiary/aromatic N) is 1. The zero-order chi connectivity index (χ0) is 20.4. The molecular weight excluding hydrogens is 411 g/mol. The number of rotatable bonds is 4. The van der Waals surface area contributed by atoms with Crippen molar-refractivity contribution in [3.63, 3.8) is 0 Å². The summed E-state index contributed by atoms with van der Waals surface area (Å²) in [6.45, 7) is 1.89. The van der Waals surface area contributed by atoms with Gasteiger partial charge in [-0.1, -0.05) is 23.7 Å². The third-order valence-corrected chi connectivity index (χ3v) is 5.69. The van der Waals surface area contributed by atoms with Crippen molar-refractivity contribution < 1.29 is 13.9 Å². The quantitative estimate of drug-likeness (QED) is 0.576.